The van der Waals surface area contributed by atoms with Crippen molar-refractivity contribution in [2.45, 2.75) is 32.1 Å². The Labute approximate surface area is 120 Å². The van der Waals surface area contributed by atoms with Gasteiger partial charge in [0.25, 0.3) is 0 Å². The highest BCUT2D eigenvalue weighted by atomic mass is 79.9. The lowest BCUT2D eigenvalue weighted by Gasteiger charge is -2.20. The van der Waals surface area contributed by atoms with E-state index in [2.05, 4.69) is 15.9 Å². The van der Waals surface area contributed by atoms with Gasteiger partial charge in [0.15, 0.2) is 11.5 Å². The van der Waals surface area contributed by atoms with Crippen LogP contribution in [-0.2, 0) is 4.79 Å². The number of carboxylic acids is 1. The van der Waals surface area contributed by atoms with Crippen LogP contribution in [0.3, 0.4) is 0 Å². The topological polar surface area (TPSA) is 66.8 Å². The van der Waals surface area contributed by atoms with E-state index in [4.69, 9.17) is 9.84 Å². The number of phenols is 1. The van der Waals surface area contributed by atoms with Crippen molar-refractivity contribution in [1.29, 1.82) is 0 Å². The molecule has 0 amide bonds. The van der Waals surface area contributed by atoms with E-state index in [1.165, 1.54) is 7.11 Å². The number of carboxylic acid groups (broad SMARTS) is 1. The number of rotatable bonds is 5. The van der Waals surface area contributed by atoms with Gasteiger partial charge in [-0.15, -0.1) is 0 Å². The molecule has 5 heteroatoms. The van der Waals surface area contributed by atoms with Crippen LogP contribution in [0, 0.1) is 12.8 Å². The molecule has 0 radical (unpaired) electrons. The maximum Gasteiger partial charge on any atom is 0.303 e. The third kappa shape index (κ3) is 2.86. The molecule has 1 aliphatic rings. The first-order valence-electron chi connectivity index (χ1n) is 6.23. The molecule has 2 rings (SSSR count). The highest BCUT2D eigenvalue weighted by Crippen LogP contribution is 2.50. The average Bonchev–Trinajstić information content (AvgIpc) is 3.16. The van der Waals surface area contributed by atoms with Crippen LogP contribution in [0.4, 0.5) is 0 Å². The van der Waals surface area contributed by atoms with Gasteiger partial charge in [0.05, 0.1) is 13.5 Å². The van der Waals surface area contributed by atoms with Crippen LogP contribution in [-0.4, -0.2) is 23.3 Å². The zero-order valence-electron chi connectivity index (χ0n) is 10.9. The molecule has 0 saturated heterocycles. The number of carbonyl (C=O) groups is 1. The van der Waals surface area contributed by atoms with Crippen molar-refractivity contribution in [3.63, 3.8) is 0 Å². The number of aliphatic carboxylic acids is 1. The van der Waals surface area contributed by atoms with Crippen LogP contribution in [0.15, 0.2) is 10.5 Å². The second kappa shape index (κ2) is 5.41. The van der Waals surface area contributed by atoms with Crippen LogP contribution >= 0.6 is 15.9 Å². The first kappa shape index (κ1) is 14.2. The lowest BCUT2D eigenvalue weighted by Crippen LogP contribution is -2.09. The van der Waals surface area contributed by atoms with Crippen molar-refractivity contribution in [2.75, 3.05) is 7.11 Å². The summed E-state index contributed by atoms with van der Waals surface area (Å²) in [6, 6.07) is 1.82. The van der Waals surface area contributed by atoms with Gasteiger partial charge in [-0.3, -0.25) is 4.79 Å². The fourth-order valence-electron chi connectivity index (χ4n) is 2.48. The summed E-state index contributed by atoms with van der Waals surface area (Å²) in [4.78, 5) is 11.0. The smallest absolute Gasteiger partial charge is 0.303 e. The number of methoxy groups -OCH3 is 1. The van der Waals surface area contributed by atoms with Gasteiger partial charge in [-0.2, -0.15) is 0 Å². The molecule has 0 aromatic heterocycles. The Bertz CT molecular complexity index is 509. The van der Waals surface area contributed by atoms with Gasteiger partial charge in [-0.05, 0) is 31.7 Å². The van der Waals surface area contributed by atoms with Gasteiger partial charge in [-0.1, -0.05) is 15.9 Å². The van der Waals surface area contributed by atoms with Crippen molar-refractivity contribution in [1.82, 2.24) is 0 Å². The molecule has 1 aromatic carbocycles. The van der Waals surface area contributed by atoms with Crippen LogP contribution in [0.2, 0.25) is 0 Å². The molecule has 1 saturated carbocycles. The zero-order valence-corrected chi connectivity index (χ0v) is 12.5. The normalized spacial score (nSPS) is 16.2. The van der Waals surface area contributed by atoms with Crippen LogP contribution in [0.25, 0.3) is 0 Å². The number of hydrogen-bond donors (Lipinski definition) is 2. The summed E-state index contributed by atoms with van der Waals surface area (Å²) in [5.74, 6) is -0.154. The number of phenolic OH excluding ortho intramolecular Hbond substituents is 1. The fourth-order valence-corrected chi connectivity index (χ4v) is 2.91. The zero-order chi connectivity index (χ0) is 14.2. The molecule has 1 atom stereocenters. The molecule has 0 spiro atoms. The Morgan fingerprint density at radius 2 is 2.21 bits per heavy atom. The Morgan fingerprint density at radius 1 is 1.58 bits per heavy atom. The molecule has 1 fully saturated rings. The minimum atomic E-state index is -0.841. The third-order valence-electron chi connectivity index (χ3n) is 3.66. The van der Waals surface area contributed by atoms with Gasteiger partial charge in [-0.25, -0.2) is 0 Å². The van der Waals surface area contributed by atoms with Crippen LogP contribution in [0.1, 0.15) is 36.3 Å². The minimum Gasteiger partial charge on any atom is -0.504 e. The monoisotopic (exact) mass is 328 g/mol. The maximum absolute atomic E-state index is 11.0. The summed E-state index contributed by atoms with van der Waals surface area (Å²) in [5.41, 5.74) is 1.48. The summed E-state index contributed by atoms with van der Waals surface area (Å²) in [6.45, 7) is 1.84. The van der Waals surface area contributed by atoms with E-state index >= 15 is 0 Å². The minimum absolute atomic E-state index is 0.0386. The predicted octanol–water partition coefficient (Wildman–Crippen LogP) is 3.44. The summed E-state index contributed by atoms with van der Waals surface area (Å²) in [7, 11) is 1.50. The van der Waals surface area contributed by atoms with Crippen molar-refractivity contribution in [2.24, 2.45) is 5.92 Å². The van der Waals surface area contributed by atoms with Crippen LogP contribution < -0.4 is 4.74 Å². The van der Waals surface area contributed by atoms with Gasteiger partial charge < -0.3 is 14.9 Å². The van der Waals surface area contributed by atoms with Crippen LogP contribution in [0.5, 0.6) is 11.5 Å². The fraction of sp³-hybridized carbons (Fsp3) is 0.500. The number of aromatic hydroxyl groups is 1. The molecule has 1 aliphatic carbocycles. The molecule has 0 heterocycles. The van der Waals surface area contributed by atoms with Crippen molar-refractivity contribution < 1.29 is 19.7 Å². The lowest BCUT2D eigenvalue weighted by molar-refractivity contribution is -0.137. The maximum atomic E-state index is 11.0. The molecule has 1 unspecified atom stereocenters. The quantitative estimate of drug-likeness (QED) is 0.868. The molecule has 0 bridgehead atoms. The number of halogens is 1. The summed E-state index contributed by atoms with van der Waals surface area (Å²) >= 11 is 3.44. The highest BCUT2D eigenvalue weighted by Gasteiger charge is 2.36. The van der Waals surface area contributed by atoms with E-state index in [9.17, 15) is 9.90 Å². The Morgan fingerprint density at radius 3 is 2.68 bits per heavy atom. The third-order valence-corrected chi connectivity index (χ3v) is 4.48. The second-order valence-corrected chi connectivity index (χ2v) is 5.85. The molecular formula is C14H17BrO4. The largest absolute Gasteiger partial charge is 0.504 e. The molecule has 19 heavy (non-hydrogen) atoms. The molecule has 104 valence electrons. The van der Waals surface area contributed by atoms with E-state index in [0.717, 1.165) is 22.9 Å². The van der Waals surface area contributed by atoms with Gasteiger partial charge in [0.1, 0.15) is 0 Å². The summed E-state index contributed by atoms with van der Waals surface area (Å²) in [5, 5.41) is 19.4. The molecule has 0 aliphatic heterocycles. The SMILES string of the molecule is COc1c(C)c(Br)cc(C(CC(=O)O)C2CC2)c1O. The first-order valence-corrected chi connectivity index (χ1v) is 7.02. The van der Waals surface area contributed by atoms with Crippen molar-refractivity contribution in [3.05, 3.63) is 21.7 Å². The van der Waals surface area contributed by atoms with Crippen molar-refractivity contribution >= 4 is 21.9 Å². The van der Waals surface area contributed by atoms with E-state index in [1.807, 2.05) is 13.0 Å². The van der Waals surface area contributed by atoms with Crippen molar-refractivity contribution in [3.8, 4) is 11.5 Å². The summed E-state index contributed by atoms with van der Waals surface area (Å²) < 4.78 is 6.05. The average molecular weight is 329 g/mol. The molecule has 2 N–H and O–H groups in total. The van der Waals surface area contributed by atoms with Gasteiger partial charge >= 0.3 is 5.97 Å². The standard InChI is InChI=1S/C14H17BrO4/c1-7-11(15)5-10(13(18)14(7)19-2)9(6-12(16)17)8-3-4-8/h5,8-9,18H,3-4,6H2,1-2H3,(H,16,17). The predicted molar refractivity (Wildman–Crippen MR) is 74.8 cm³/mol. The molecular weight excluding hydrogens is 312 g/mol. The van der Waals surface area contributed by atoms with Gasteiger partial charge in [0, 0.05) is 21.5 Å². The Balaban J connectivity index is 2.47. The Hall–Kier alpha value is -1.23. The van der Waals surface area contributed by atoms with E-state index in [-0.39, 0.29) is 18.1 Å². The highest BCUT2D eigenvalue weighted by molar-refractivity contribution is 9.10. The lowest BCUT2D eigenvalue weighted by atomic mass is 9.89. The van der Waals surface area contributed by atoms with E-state index < -0.39 is 5.97 Å². The van der Waals surface area contributed by atoms with E-state index in [0.29, 0.717) is 17.2 Å². The first-order chi connectivity index (χ1) is 8.95. The number of ether oxygens (including phenoxy) is 1. The summed E-state index contributed by atoms with van der Waals surface area (Å²) in [6.07, 6.45) is 2.08. The molecule has 1 aromatic rings. The molecule has 4 nitrogen and oxygen atoms in total. The second-order valence-electron chi connectivity index (χ2n) is 5.00. The number of hydrogen-bond acceptors (Lipinski definition) is 3. The number of benzene rings is 1. The van der Waals surface area contributed by atoms with E-state index in [1.54, 1.807) is 0 Å². The van der Waals surface area contributed by atoms with Gasteiger partial charge in [0.2, 0.25) is 0 Å². The Kier molecular flexibility index (Phi) is 4.04.